The lowest BCUT2D eigenvalue weighted by molar-refractivity contribution is 0.183. The van der Waals surface area contributed by atoms with Gasteiger partial charge in [-0.3, -0.25) is 0 Å². The van der Waals surface area contributed by atoms with Gasteiger partial charge in [-0.15, -0.1) is 0 Å². The quantitative estimate of drug-likeness (QED) is 0.239. The summed E-state index contributed by atoms with van der Waals surface area (Å²) in [7, 11) is 4.12. The zero-order valence-electron chi connectivity index (χ0n) is 24.1. The Hall–Kier alpha value is -3.73. The molecule has 2 unspecified atom stereocenters. The highest BCUT2D eigenvalue weighted by atomic mass is 35.5. The topological polar surface area (TPSA) is 102 Å². The first-order valence-corrected chi connectivity index (χ1v) is 15.3. The van der Waals surface area contributed by atoms with Crippen LogP contribution in [0.1, 0.15) is 25.7 Å². The van der Waals surface area contributed by atoms with Crippen molar-refractivity contribution in [3.63, 3.8) is 0 Å². The van der Waals surface area contributed by atoms with Crippen molar-refractivity contribution in [1.82, 2.24) is 30.2 Å². The summed E-state index contributed by atoms with van der Waals surface area (Å²) < 4.78 is 23.3. The van der Waals surface area contributed by atoms with Crippen molar-refractivity contribution in [2.45, 2.75) is 37.8 Å². The number of nitrogens with one attached hydrogen (secondary N) is 3. The van der Waals surface area contributed by atoms with Gasteiger partial charge in [0.2, 0.25) is 0 Å². The van der Waals surface area contributed by atoms with Crippen molar-refractivity contribution in [3.05, 3.63) is 57.7 Å². The number of aromatic amines is 2. The number of rotatable bonds is 7. The summed E-state index contributed by atoms with van der Waals surface area (Å²) in [6.07, 6.45) is 4.36. The second kappa shape index (κ2) is 9.90. The van der Waals surface area contributed by atoms with E-state index in [4.69, 9.17) is 21.3 Å². The summed E-state index contributed by atoms with van der Waals surface area (Å²) >= 11 is 6.98. The fourth-order valence-corrected chi connectivity index (χ4v) is 7.47. The van der Waals surface area contributed by atoms with E-state index in [1.54, 1.807) is 6.07 Å². The molecular weight excluding hydrogens is 569 g/mol. The van der Waals surface area contributed by atoms with Crippen LogP contribution in [-0.2, 0) is 0 Å². The minimum Gasteiger partial charge on any atom is -0.463 e. The molecule has 11 heteroatoms. The molecule has 3 N–H and O–H groups in total. The van der Waals surface area contributed by atoms with Crippen LogP contribution in [0.3, 0.4) is 0 Å². The molecule has 0 spiro atoms. The zero-order valence-corrected chi connectivity index (χ0v) is 24.9. The Morgan fingerprint density at radius 2 is 1.84 bits per heavy atom. The van der Waals surface area contributed by atoms with E-state index in [1.165, 1.54) is 0 Å². The highest BCUT2D eigenvalue weighted by Crippen LogP contribution is 2.47. The lowest BCUT2D eigenvalue weighted by atomic mass is 9.95. The van der Waals surface area contributed by atoms with Gasteiger partial charge in [-0.25, -0.2) is 9.18 Å². The molecule has 2 bridgehead atoms. The van der Waals surface area contributed by atoms with Crippen LogP contribution in [0.5, 0.6) is 6.01 Å². The molecule has 4 heterocycles. The SMILES string of the molecule is CN(C)CC1(COc2nc(N3CC4CCC(C3)N4)c3cc(Cl)c(-c4c5ccccc5cc5[nH]c(=O)[nH]c45)c(F)c3n2)CC1. The van der Waals surface area contributed by atoms with E-state index in [1.807, 2.05) is 30.3 Å². The second-order valence-corrected chi connectivity index (χ2v) is 13.2. The van der Waals surface area contributed by atoms with Gasteiger partial charge in [0.05, 0.1) is 22.7 Å². The van der Waals surface area contributed by atoms with E-state index >= 15 is 4.39 Å². The Labute approximate surface area is 252 Å². The van der Waals surface area contributed by atoms with Crippen LogP contribution < -0.4 is 20.6 Å². The monoisotopic (exact) mass is 601 g/mol. The number of ether oxygens (including phenoxy) is 1. The zero-order chi connectivity index (χ0) is 29.5. The van der Waals surface area contributed by atoms with Crippen molar-refractivity contribution in [2.75, 3.05) is 45.2 Å². The van der Waals surface area contributed by atoms with E-state index in [0.29, 0.717) is 46.5 Å². The minimum atomic E-state index is -0.566. The van der Waals surface area contributed by atoms with Gasteiger partial charge in [0.1, 0.15) is 11.3 Å². The molecule has 2 atom stereocenters. The summed E-state index contributed by atoms with van der Waals surface area (Å²) in [5, 5.41) is 6.07. The van der Waals surface area contributed by atoms with Crippen LogP contribution >= 0.6 is 11.6 Å². The van der Waals surface area contributed by atoms with Crippen LogP contribution in [0.4, 0.5) is 10.2 Å². The third-order valence-electron chi connectivity index (χ3n) is 9.26. The predicted octanol–water partition coefficient (Wildman–Crippen LogP) is 5.07. The average molecular weight is 602 g/mol. The number of benzene rings is 3. The molecule has 222 valence electrons. The Morgan fingerprint density at radius 3 is 2.58 bits per heavy atom. The van der Waals surface area contributed by atoms with Crippen LogP contribution in [-0.4, -0.2) is 77.3 Å². The van der Waals surface area contributed by atoms with E-state index < -0.39 is 5.82 Å². The molecule has 3 aromatic carbocycles. The number of nitrogens with zero attached hydrogens (tertiary/aromatic N) is 4. The van der Waals surface area contributed by atoms with Gasteiger partial charge in [0.15, 0.2) is 5.82 Å². The number of fused-ring (bicyclic) bond motifs is 5. The molecule has 3 fully saturated rings. The number of aromatic nitrogens is 4. The largest absolute Gasteiger partial charge is 0.463 e. The first-order valence-electron chi connectivity index (χ1n) is 14.9. The van der Waals surface area contributed by atoms with Gasteiger partial charge < -0.3 is 29.8 Å². The third kappa shape index (κ3) is 4.63. The van der Waals surface area contributed by atoms with Gasteiger partial charge in [0, 0.05) is 53.6 Å². The van der Waals surface area contributed by atoms with Crippen LogP contribution in [0.2, 0.25) is 5.02 Å². The number of halogens is 2. The predicted molar refractivity (Wildman–Crippen MR) is 168 cm³/mol. The number of hydrogen-bond acceptors (Lipinski definition) is 7. The Morgan fingerprint density at radius 1 is 1.07 bits per heavy atom. The number of imidazole rings is 1. The third-order valence-corrected chi connectivity index (χ3v) is 9.56. The van der Waals surface area contributed by atoms with Gasteiger partial charge in [0.25, 0.3) is 0 Å². The van der Waals surface area contributed by atoms with Crippen molar-refractivity contribution >= 4 is 50.1 Å². The molecule has 5 aromatic rings. The highest BCUT2D eigenvalue weighted by molar-refractivity contribution is 6.35. The van der Waals surface area contributed by atoms with Gasteiger partial charge in [-0.1, -0.05) is 35.9 Å². The Balaban J connectivity index is 1.33. The molecule has 0 amide bonds. The number of hydrogen-bond donors (Lipinski definition) is 3. The van der Waals surface area contributed by atoms with E-state index in [0.717, 1.165) is 56.1 Å². The summed E-state index contributed by atoms with van der Waals surface area (Å²) in [4.78, 5) is 32.0. The average Bonchev–Trinajstić information content (AvgIpc) is 3.50. The van der Waals surface area contributed by atoms with Crippen molar-refractivity contribution in [1.29, 1.82) is 0 Å². The van der Waals surface area contributed by atoms with E-state index in [2.05, 4.69) is 44.2 Å². The van der Waals surface area contributed by atoms with Gasteiger partial charge >= 0.3 is 11.7 Å². The molecule has 2 saturated heterocycles. The van der Waals surface area contributed by atoms with Crippen molar-refractivity contribution < 1.29 is 9.13 Å². The summed E-state index contributed by atoms with van der Waals surface area (Å²) in [5.74, 6) is 0.0737. The van der Waals surface area contributed by atoms with Gasteiger partial charge in [-0.05, 0) is 62.7 Å². The molecule has 1 aliphatic carbocycles. The van der Waals surface area contributed by atoms with Crippen LogP contribution in [0.15, 0.2) is 41.2 Å². The first kappa shape index (κ1) is 26.9. The van der Waals surface area contributed by atoms with Crippen molar-refractivity contribution in [3.8, 4) is 17.1 Å². The molecule has 2 aromatic heterocycles. The van der Waals surface area contributed by atoms with Crippen molar-refractivity contribution in [2.24, 2.45) is 5.41 Å². The fraction of sp³-hybridized carbons (Fsp3) is 0.406. The number of piperazine rings is 1. The first-order chi connectivity index (χ1) is 20.8. The van der Waals surface area contributed by atoms with E-state index in [-0.39, 0.29) is 33.2 Å². The summed E-state index contributed by atoms with van der Waals surface area (Å²) in [6, 6.07) is 12.2. The molecule has 43 heavy (non-hydrogen) atoms. The molecule has 9 nitrogen and oxygen atoms in total. The maximum absolute atomic E-state index is 17.1. The molecule has 1 saturated carbocycles. The smallest absolute Gasteiger partial charge is 0.323 e. The van der Waals surface area contributed by atoms with E-state index in [9.17, 15) is 4.79 Å². The normalized spacial score (nSPS) is 21.0. The molecule has 2 aliphatic heterocycles. The Bertz CT molecular complexity index is 1960. The molecule has 3 aliphatic rings. The fourth-order valence-electron chi connectivity index (χ4n) is 7.18. The van der Waals surface area contributed by atoms with Gasteiger partial charge in [-0.2, -0.15) is 9.97 Å². The van der Waals surface area contributed by atoms with Crippen LogP contribution in [0.25, 0.3) is 43.8 Å². The lowest BCUT2D eigenvalue weighted by Gasteiger charge is -2.34. The minimum absolute atomic E-state index is 0.0640. The number of H-pyrrole nitrogens is 2. The highest BCUT2D eigenvalue weighted by Gasteiger charge is 2.44. The standard InChI is InChI=1S/C32H33ClFN7O2/c1-40(2)15-32(9-10-32)16-43-31-38-27-21(29(39-31)41-13-18-7-8-19(14-41)35-18)12-22(33)25(26(27)34)24-20-6-4-3-5-17(20)11-23-28(24)37-30(42)36-23/h3-6,11-12,18-19,35H,7-10,13-16H2,1-2H3,(H2,36,37,42). The number of anilines is 1. The maximum atomic E-state index is 17.1. The summed E-state index contributed by atoms with van der Waals surface area (Å²) in [5.41, 5.74) is 1.62. The molecule has 8 rings (SSSR count). The van der Waals surface area contributed by atoms with Crippen LogP contribution in [0, 0.1) is 11.2 Å². The molecular formula is C32H33ClFN7O2. The Kier molecular flexibility index (Phi) is 6.19. The molecule has 0 radical (unpaired) electrons. The lowest BCUT2D eigenvalue weighted by Crippen LogP contribution is -2.51. The second-order valence-electron chi connectivity index (χ2n) is 12.8. The summed E-state index contributed by atoms with van der Waals surface area (Å²) in [6.45, 7) is 2.92. The maximum Gasteiger partial charge on any atom is 0.323 e.